The molecule has 0 bridgehead atoms. The molecule has 0 N–H and O–H groups in total. The van der Waals surface area contributed by atoms with E-state index in [2.05, 4.69) is 37.5 Å². The lowest BCUT2D eigenvalue weighted by molar-refractivity contribution is 0.0689. The molecule has 0 saturated carbocycles. The maximum Gasteiger partial charge on any atom is 0.411 e. The van der Waals surface area contributed by atoms with Crippen molar-refractivity contribution in [2.45, 2.75) is 47.3 Å². The van der Waals surface area contributed by atoms with Gasteiger partial charge in [0.25, 0.3) is 5.56 Å². The van der Waals surface area contributed by atoms with E-state index in [1.807, 2.05) is 36.4 Å². The molecule has 1 aliphatic rings. The highest BCUT2D eigenvalue weighted by Gasteiger charge is 2.20. The minimum atomic E-state index is -0.409. The van der Waals surface area contributed by atoms with Crippen molar-refractivity contribution < 1.29 is 14.3 Å². The smallest absolute Gasteiger partial charge is 0.411 e. The predicted octanol–water partition coefficient (Wildman–Crippen LogP) is 7.00. The average molecular weight is 632 g/mol. The highest BCUT2D eigenvalue weighted by Crippen LogP contribution is 2.33. The van der Waals surface area contributed by atoms with Gasteiger partial charge in [0.2, 0.25) is 0 Å². The number of carbonyl (C=O) groups is 1. The molecular formula is C33H44Cl2N4O4. The highest BCUT2D eigenvalue weighted by molar-refractivity contribution is 6.43. The molecule has 8 nitrogen and oxygen atoms in total. The summed E-state index contributed by atoms with van der Waals surface area (Å²) >= 11 is 12.6. The van der Waals surface area contributed by atoms with E-state index in [-0.39, 0.29) is 12.3 Å². The number of anilines is 1. The first kappa shape index (κ1) is 33.0. The number of ether oxygens (including phenoxy) is 2. The molecular weight excluding hydrogens is 587 g/mol. The number of carbonyl (C=O) groups excluding carboxylic acids is 1. The SMILES string of the molecule is CC(C)CN(CC(C)C)C(=O)OCn1c(=O)ccc2ccc(OCCCCN3CCN(c4cccc(Cl)c4Cl)CC3)cc21. The maximum atomic E-state index is 12.9. The lowest BCUT2D eigenvalue weighted by Gasteiger charge is -2.36. The quantitative estimate of drug-likeness (QED) is 0.189. The molecule has 0 aliphatic carbocycles. The van der Waals surface area contributed by atoms with Crippen LogP contribution in [0.3, 0.4) is 0 Å². The molecule has 1 saturated heterocycles. The Hall–Kier alpha value is -2.94. The number of halogens is 2. The van der Waals surface area contributed by atoms with Gasteiger partial charge < -0.3 is 19.3 Å². The zero-order valence-electron chi connectivity index (χ0n) is 25.7. The van der Waals surface area contributed by atoms with Gasteiger partial charge in [-0.05, 0) is 66.9 Å². The Bertz CT molecular complexity index is 1410. The Kier molecular flexibility index (Phi) is 12.0. The largest absolute Gasteiger partial charge is 0.494 e. The van der Waals surface area contributed by atoms with Crippen LogP contribution in [-0.2, 0) is 11.5 Å². The molecule has 0 unspecified atom stereocenters. The van der Waals surface area contributed by atoms with Crippen molar-refractivity contribution in [3.05, 3.63) is 68.9 Å². The number of nitrogens with zero attached hydrogens (tertiary/aromatic N) is 4. The molecule has 1 aliphatic heterocycles. The van der Waals surface area contributed by atoms with E-state index < -0.39 is 6.09 Å². The van der Waals surface area contributed by atoms with E-state index in [0.29, 0.717) is 52.8 Å². The van der Waals surface area contributed by atoms with Gasteiger partial charge in [0.15, 0.2) is 6.73 Å². The van der Waals surface area contributed by atoms with E-state index in [1.165, 1.54) is 10.6 Å². The third-order valence-electron chi connectivity index (χ3n) is 7.49. The van der Waals surface area contributed by atoms with Crippen LogP contribution < -0.4 is 15.2 Å². The van der Waals surface area contributed by atoms with Crippen molar-refractivity contribution in [1.29, 1.82) is 0 Å². The molecule has 1 fully saturated rings. The normalized spacial score (nSPS) is 14.1. The van der Waals surface area contributed by atoms with Gasteiger partial charge in [0.1, 0.15) is 5.75 Å². The van der Waals surface area contributed by atoms with Crippen molar-refractivity contribution in [2.75, 3.05) is 57.3 Å². The number of rotatable bonds is 13. The lowest BCUT2D eigenvalue weighted by Crippen LogP contribution is -2.46. The summed E-state index contributed by atoms with van der Waals surface area (Å²) in [6.45, 7) is 14.7. The van der Waals surface area contributed by atoms with Gasteiger partial charge >= 0.3 is 6.09 Å². The van der Waals surface area contributed by atoms with Gasteiger partial charge in [-0.25, -0.2) is 4.79 Å². The van der Waals surface area contributed by atoms with Gasteiger partial charge in [-0.1, -0.05) is 57.0 Å². The van der Waals surface area contributed by atoms with Crippen LogP contribution >= 0.6 is 23.2 Å². The number of piperazine rings is 1. The van der Waals surface area contributed by atoms with Gasteiger partial charge in [-0.15, -0.1) is 0 Å². The number of hydrogen-bond donors (Lipinski definition) is 0. The topological polar surface area (TPSA) is 67.2 Å². The first-order valence-corrected chi connectivity index (χ1v) is 16.0. The number of pyridine rings is 1. The molecule has 10 heteroatoms. The molecule has 1 aromatic heterocycles. The number of unbranched alkanes of at least 4 members (excludes halogenated alkanes) is 1. The van der Waals surface area contributed by atoms with Crippen LogP contribution in [0.4, 0.5) is 10.5 Å². The van der Waals surface area contributed by atoms with Gasteiger partial charge in [-0.3, -0.25) is 14.3 Å². The fourth-order valence-corrected chi connectivity index (χ4v) is 5.80. The van der Waals surface area contributed by atoms with E-state index in [9.17, 15) is 9.59 Å². The zero-order chi connectivity index (χ0) is 30.9. The Labute approximate surface area is 265 Å². The molecule has 3 aromatic rings. The molecule has 2 aromatic carbocycles. The molecule has 0 atom stereocenters. The van der Waals surface area contributed by atoms with E-state index >= 15 is 0 Å². The maximum absolute atomic E-state index is 12.9. The third-order valence-corrected chi connectivity index (χ3v) is 8.30. The van der Waals surface area contributed by atoms with Crippen molar-refractivity contribution in [1.82, 2.24) is 14.4 Å². The monoisotopic (exact) mass is 630 g/mol. The zero-order valence-corrected chi connectivity index (χ0v) is 27.2. The van der Waals surface area contributed by atoms with Crippen LogP contribution in [0.1, 0.15) is 40.5 Å². The first-order valence-electron chi connectivity index (χ1n) is 15.2. The summed E-state index contributed by atoms with van der Waals surface area (Å²) < 4.78 is 13.2. The van der Waals surface area contributed by atoms with E-state index in [0.717, 1.165) is 56.6 Å². The Morgan fingerprint density at radius 2 is 1.63 bits per heavy atom. The third kappa shape index (κ3) is 9.27. The number of amides is 1. The first-order chi connectivity index (χ1) is 20.6. The summed E-state index contributed by atoms with van der Waals surface area (Å²) in [6, 6.07) is 14.8. The van der Waals surface area contributed by atoms with E-state index in [1.54, 1.807) is 11.0 Å². The van der Waals surface area contributed by atoms with Crippen molar-refractivity contribution in [3.8, 4) is 5.75 Å². The van der Waals surface area contributed by atoms with Crippen LogP contribution in [0, 0.1) is 11.8 Å². The average Bonchev–Trinajstić information content (AvgIpc) is 2.97. The molecule has 234 valence electrons. The molecule has 1 amide bonds. The summed E-state index contributed by atoms with van der Waals surface area (Å²) in [4.78, 5) is 32.1. The summed E-state index contributed by atoms with van der Waals surface area (Å²) in [6.07, 6.45) is 1.53. The van der Waals surface area contributed by atoms with Gasteiger partial charge in [0.05, 0.1) is 27.9 Å². The van der Waals surface area contributed by atoms with Crippen molar-refractivity contribution >= 4 is 45.9 Å². The Balaban J connectivity index is 1.26. The number of aromatic nitrogens is 1. The summed E-state index contributed by atoms with van der Waals surface area (Å²) in [5.74, 6) is 1.32. The van der Waals surface area contributed by atoms with Gasteiger partial charge in [-0.2, -0.15) is 0 Å². The summed E-state index contributed by atoms with van der Waals surface area (Å²) in [7, 11) is 0. The number of fused-ring (bicyclic) bond motifs is 1. The summed E-state index contributed by atoms with van der Waals surface area (Å²) in [5.41, 5.74) is 1.45. The second kappa shape index (κ2) is 15.7. The minimum absolute atomic E-state index is 0.151. The molecule has 2 heterocycles. The lowest BCUT2D eigenvalue weighted by atomic mass is 10.1. The van der Waals surface area contributed by atoms with Crippen LogP contribution in [0.15, 0.2) is 53.3 Å². The fraction of sp³-hybridized carbons (Fsp3) is 0.515. The molecule has 0 radical (unpaired) electrons. The second-order valence-corrected chi connectivity index (χ2v) is 12.8. The number of benzene rings is 2. The standard InChI is InChI=1S/C33H44Cl2N4O4/c1-24(2)21-38(22-25(3)4)33(41)43-23-39-30-20-27(12-10-26(30)11-13-31(39)40)42-19-6-5-14-36-15-17-37(18-16-36)29-9-7-8-28(34)32(29)35/h7-13,20,24-25H,5-6,14-19,21-23H2,1-4H3. The number of hydrogen-bond acceptors (Lipinski definition) is 6. The van der Waals surface area contributed by atoms with Crippen LogP contribution in [0.2, 0.25) is 10.0 Å². The summed E-state index contributed by atoms with van der Waals surface area (Å²) in [5, 5.41) is 2.09. The van der Waals surface area contributed by atoms with E-state index in [4.69, 9.17) is 32.7 Å². The molecule has 0 spiro atoms. The Morgan fingerprint density at radius 1 is 0.930 bits per heavy atom. The second-order valence-electron chi connectivity index (χ2n) is 12.0. The fourth-order valence-electron chi connectivity index (χ4n) is 5.38. The van der Waals surface area contributed by atoms with Gasteiger partial charge in [0, 0.05) is 51.4 Å². The Morgan fingerprint density at radius 3 is 2.33 bits per heavy atom. The molecule has 4 rings (SSSR count). The van der Waals surface area contributed by atoms with Crippen LogP contribution in [-0.4, -0.2) is 72.9 Å². The van der Waals surface area contributed by atoms with Crippen LogP contribution in [0.25, 0.3) is 10.9 Å². The molecule has 43 heavy (non-hydrogen) atoms. The minimum Gasteiger partial charge on any atom is -0.494 e. The highest BCUT2D eigenvalue weighted by atomic mass is 35.5. The van der Waals surface area contributed by atoms with Crippen LogP contribution in [0.5, 0.6) is 5.75 Å². The van der Waals surface area contributed by atoms with Crippen molar-refractivity contribution in [3.63, 3.8) is 0 Å². The predicted molar refractivity (Wildman–Crippen MR) is 176 cm³/mol. The van der Waals surface area contributed by atoms with Crippen molar-refractivity contribution in [2.24, 2.45) is 11.8 Å².